The first-order valence-corrected chi connectivity index (χ1v) is 6.90. The summed E-state index contributed by atoms with van der Waals surface area (Å²) in [5.74, 6) is 0.276. The zero-order valence-electron chi connectivity index (χ0n) is 11.3. The summed E-state index contributed by atoms with van der Waals surface area (Å²) in [7, 11) is 0. The highest BCUT2D eigenvalue weighted by Gasteiger charge is 2.26. The average Bonchev–Trinajstić information content (AvgIpc) is 3.03. The predicted molar refractivity (Wildman–Crippen MR) is 73.2 cm³/mol. The van der Waals surface area contributed by atoms with Crippen LogP contribution in [-0.4, -0.2) is 42.1 Å². The lowest BCUT2D eigenvalue weighted by atomic mass is 10.2. The molecule has 1 saturated heterocycles. The van der Waals surface area contributed by atoms with E-state index in [9.17, 15) is 4.79 Å². The van der Waals surface area contributed by atoms with Gasteiger partial charge in [0.05, 0.1) is 32.4 Å². The minimum absolute atomic E-state index is 0.0544. The summed E-state index contributed by atoms with van der Waals surface area (Å²) in [6.45, 7) is 4.48. The monoisotopic (exact) mass is 272 g/mol. The van der Waals surface area contributed by atoms with Gasteiger partial charge in [0.15, 0.2) is 0 Å². The standard InChI is InChI=1S/C15H17N3O2/c19-15(14-6-7-16-20-14)18-10-8-17(9-11-18)12-13-4-2-1-3-5-13/h1-7H,8-12H2/p+1. The molecule has 5 heteroatoms. The highest BCUT2D eigenvalue weighted by molar-refractivity contribution is 5.91. The van der Waals surface area contributed by atoms with Gasteiger partial charge >= 0.3 is 0 Å². The maximum Gasteiger partial charge on any atom is 0.292 e. The molecular formula is C15H18N3O2+. The zero-order chi connectivity index (χ0) is 13.8. The molecule has 1 aliphatic rings. The van der Waals surface area contributed by atoms with Gasteiger partial charge in [-0.2, -0.15) is 0 Å². The van der Waals surface area contributed by atoms with Gasteiger partial charge < -0.3 is 14.3 Å². The fraction of sp³-hybridized carbons (Fsp3) is 0.333. The third-order valence-electron chi connectivity index (χ3n) is 3.70. The molecule has 5 nitrogen and oxygen atoms in total. The Morgan fingerprint density at radius 2 is 1.95 bits per heavy atom. The van der Waals surface area contributed by atoms with Crippen molar-refractivity contribution >= 4 is 5.91 Å². The number of carbonyl (C=O) groups is 1. The van der Waals surface area contributed by atoms with Crippen LogP contribution in [0.1, 0.15) is 16.1 Å². The molecule has 104 valence electrons. The van der Waals surface area contributed by atoms with Crippen LogP contribution in [0.15, 0.2) is 47.1 Å². The van der Waals surface area contributed by atoms with E-state index in [0.29, 0.717) is 5.76 Å². The smallest absolute Gasteiger partial charge is 0.292 e. The quantitative estimate of drug-likeness (QED) is 0.869. The first-order chi connectivity index (χ1) is 9.83. The van der Waals surface area contributed by atoms with Gasteiger partial charge in [0.1, 0.15) is 6.54 Å². The summed E-state index contributed by atoms with van der Waals surface area (Å²) < 4.78 is 4.92. The number of hydrogen-bond acceptors (Lipinski definition) is 3. The summed E-state index contributed by atoms with van der Waals surface area (Å²) >= 11 is 0. The van der Waals surface area contributed by atoms with Crippen LogP contribution in [0.5, 0.6) is 0 Å². The topological polar surface area (TPSA) is 50.8 Å². The maximum absolute atomic E-state index is 12.1. The number of piperazine rings is 1. The van der Waals surface area contributed by atoms with E-state index in [2.05, 4.69) is 29.4 Å². The molecule has 0 unspecified atom stereocenters. The molecule has 3 rings (SSSR count). The zero-order valence-corrected chi connectivity index (χ0v) is 11.3. The van der Waals surface area contributed by atoms with Crippen molar-refractivity contribution in [3.63, 3.8) is 0 Å². The van der Waals surface area contributed by atoms with E-state index in [1.165, 1.54) is 16.7 Å². The second-order valence-electron chi connectivity index (χ2n) is 5.08. The van der Waals surface area contributed by atoms with Crippen molar-refractivity contribution in [3.8, 4) is 0 Å². The Labute approximate surface area is 117 Å². The van der Waals surface area contributed by atoms with E-state index in [1.54, 1.807) is 6.07 Å². The first kappa shape index (κ1) is 12.9. The number of aromatic nitrogens is 1. The molecule has 1 N–H and O–H groups in total. The summed E-state index contributed by atoms with van der Waals surface area (Å²) in [4.78, 5) is 15.5. The Bertz CT molecular complexity index is 546. The Morgan fingerprint density at radius 1 is 1.20 bits per heavy atom. The number of hydrogen-bond donors (Lipinski definition) is 1. The fourth-order valence-electron chi connectivity index (χ4n) is 2.57. The highest BCUT2D eigenvalue weighted by atomic mass is 16.5. The third kappa shape index (κ3) is 2.88. The second-order valence-corrected chi connectivity index (χ2v) is 5.08. The van der Waals surface area contributed by atoms with Crippen molar-refractivity contribution in [3.05, 3.63) is 53.9 Å². The summed E-state index contributed by atoms with van der Waals surface area (Å²) in [5, 5.41) is 3.58. The molecule has 1 fully saturated rings. The number of nitrogens with zero attached hydrogens (tertiary/aromatic N) is 2. The molecule has 0 bridgehead atoms. The van der Waals surface area contributed by atoms with Crippen molar-refractivity contribution in [2.75, 3.05) is 26.2 Å². The van der Waals surface area contributed by atoms with Crippen LogP contribution < -0.4 is 4.90 Å². The van der Waals surface area contributed by atoms with Gasteiger partial charge in [-0.3, -0.25) is 4.79 Å². The first-order valence-electron chi connectivity index (χ1n) is 6.90. The molecule has 0 radical (unpaired) electrons. The molecule has 0 aliphatic carbocycles. The van der Waals surface area contributed by atoms with Crippen molar-refractivity contribution < 1.29 is 14.2 Å². The van der Waals surface area contributed by atoms with Gasteiger partial charge in [-0.05, 0) is 0 Å². The molecule has 1 amide bonds. The molecule has 0 atom stereocenters. The summed E-state index contributed by atoms with van der Waals surface area (Å²) in [6, 6.07) is 12.1. The average molecular weight is 272 g/mol. The van der Waals surface area contributed by atoms with E-state index in [4.69, 9.17) is 4.52 Å². The van der Waals surface area contributed by atoms with Crippen LogP contribution in [0.3, 0.4) is 0 Å². The largest absolute Gasteiger partial charge is 0.351 e. The number of rotatable bonds is 3. The lowest BCUT2D eigenvalue weighted by Gasteiger charge is -2.31. The lowest BCUT2D eigenvalue weighted by molar-refractivity contribution is -0.917. The van der Waals surface area contributed by atoms with Gasteiger partial charge in [-0.25, -0.2) is 0 Å². The molecular weight excluding hydrogens is 254 g/mol. The van der Waals surface area contributed by atoms with Crippen LogP contribution in [0, 0.1) is 0 Å². The minimum Gasteiger partial charge on any atom is -0.351 e. The molecule has 0 spiro atoms. The normalized spacial score (nSPS) is 16.3. The van der Waals surface area contributed by atoms with E-state index >= 15 is 0 Å². The van der Waals surface area contributed by atoms with Crippen LogP contribution in [0.2, 0.25) is 0 Å². The molecule has 0 saturated carbocycles. The Hall–Kier alpha value is -2.14. The van der Waals surface area contributed by atoms with E-state index in [1.807, 2.05) is 11.0 Å². The minimum atomic E-state index is -0.0544. The third-order valence-corrected chi connectivity index (χ3v) is 3.70. The number of carbonyl (C=O) groups excluding carboxylic acids is 1. The van der Waals surface area contributed by atoms with Gasteiger partial charge in [-0.15, -0.1) is 0 Å². The number of amides is 1. The number of quaternary nitrogens is 1. The molecule has 1 aromatic carbocycles. The van der Waals surface area contributed by atoms with E-state index in [0.717, 1.165) is 32.7 Å². The van der Waals surface area contributed by atoms with Gasteiger partial charge in [0.2, 0.25) is 5.76 Å². The second kappa shape index (κ2) is 5.88. The molecule has 2 aromatic rings. The molecule has 20 heavy (non-hydrogen) atoms. The highest BCUT2D eigenvalue weighted by Crippen LogP contribution is 2.04. The van der Waals surface area contributed by atoms with Crippen LogP contribution >= 0.6 is 0 Å². The van der Waals surface area contributed by atoms with Crippen molar-refractivity contribution in [1.82, 2.24) is 10.1 Å². The molecule has 1 aromatic heterocycles. The van der Waals surface area contributed by atoms with E-state index in [-0.39, 0.29) is 5.91 Å². The van der Waals surface area contributed by atoms with Crippen LogP contribution in [0.4, 0.5) is 0 Å². The van der Waals surface area contributed by atoms with Gasteiger partial charge in [0.25, 0.3) is 5.91 Å². The summed E-state index contributed by atoms with van der Waals surface area (Å²) in [6.07, 6.45) is 1.50. The predicted octanol–water partition coefficient (Wildman–Crippen LogP) is 0.216. The lowest BCUT2D eigenvalue weighted by Crippen LogP contribution is -3.13. The van der Waals surface area contributed by atoms with Gasteiger partial charge in [0, 0.05) is 11.6 Å². The Balaban J connectivity index is 1.53. The Kier molecular flexibility index (Phi) is 3.78. The maximum atomic E-state index is 12.1. The van der Waals surface area contributed by atoms with Crippen molar-refractivity contribution in [2.45, 2.75) is 6.54 Å². The molecule has 1 aliphatic heterocycles. The Morgan fingerprint density at radius 3 is 2.60 bits per heavy atom. The number of nitrogens with one attached hydrogen (secondary N) is 1. The SMILES string of the molecule is O=C(c1ccno1)N1CC[NH+](Cc2ccccc2)CC1. The van der Waals surface area contributed by atoms with Crippen molar-refractivity contribution in [2.24, 2.45) is 0 Å². The summed E-state index contributed by atoms with van der Waals surface area (Å²) in [5.41, 5.74) is 1.34. The van der Waals surface area contributed by atoms with Crippen LogP contribution in [0.25, 0.3) is 0 Å². The fourth-order valence-corrected chi connectivity index (χ4v) is 2.57. The molecule has 2 heterocycles. The van der Waals surface area contributed by atoms with Crippen LogP contribution in [-0.2, 0) is 6.54 Å². The van der Waals surface area contributed by atoms with Crippen molar-refractivity contribution in [1.29, 1.82) is 0 Å². The van der Waals surface area contributed by atoms with E-state index < -0.39 is 0 Å². The number of benzene rings is 1. The van der Waals surface area contributed by atoms with Gasteiger partial charge in [-0.1, -0.05) is 35.5 Å².